The molecule has 0 amide bonds. The summed E-state index contributed by atoms with van der Waals surface area (Å²) in [5, 5.41) is 2.11. The number of hydrogen-bond donors (Lipinski definition) is 0. The van der Waals surface area contributed by atoms with E-state index in [-0.39, 0.29) is 12.4 Å². The van der Waals surface area contributed by atoms with Gasteiger partial charge in [0.05, 0.1) is 0 Å². The van der Waals surface area contributed by atoms with Gasteiger partial charge in [-0.05, 0) is 0 Å². The molecular formula is C4H3ClSZn. The van der Waals surface area contributed by atoms with Crippen LogP contribution in [0.15, 0.2) is 17.5 Å². The molecule has 3 heteroatoms. The van der Waals surface area contributed by atoms with Crippen LogP contribution in [-0.2, 0) is 18.3 Å². The summed E-state index contributed by atoms with van der Waals surface area (Å²) in [5.74, 6) is 0. The van der Waals surface area contributed by atoms with Gasteiger partial charge >= 0.3 is 50.6 Å². The minimum absolute atomic E-state index is 0. The molecule has 0 aliphatic rings. The molecule has 0 radical (unpaired) electrons. The molecule has 0 atom stereocenters. The Morgan fingerprint density at radius 1 is 1.57 bits per heavy atom. The molecule has 0 fully saturated rings. The summed E-state index contributed by atoms with van der Waals surface area (Å²) < 4.78 is 1.51. The van der Waals surface area contributed by atoms with E-state index in [1.54, 1.807) is 0 Å². The van der Waals surface area contributed by atoms with Crippen LogP contribution in [0.2, 0.25) is 0 Å². The summed E-state index contributed by atoms with van der Waals surface area (Å²) in [6, 6.07) is 4.24. The zero-order valence-electron chi connectivity index (χ0n) is 3.73. The van der Waals surface area contributed by atoms with E-state index in [0.717, 1.165) is 0 Å². The number of thiophene rings is 1. The molecule has 0 bridgehead atoms. The van der Waals surface area contributed by atoms with E-state index in [1.807, 2.05) is 11.3 Å². The van der Waals surface area contributed by atoms with Gasteiger partial charge < -0.3 is 12.4 Å². The first-order valence-corrected chi connectivity index (χ1v) is 4.11. The van der Waals surface area contributed by atoms with Gasteiger partial charge in [0.2, 0.25) is 0 Å². The maximum atomic E-state index is 2.16. The third kappa shape index (κ3) is 2.43. The molecule has 34 valence electrons. The van der Waals surface area contributed by atoms with Gasteiger partial charge in [-0.15, -0.1) is 0 Å². The molecule has 0 saturated heterocycles. The first-order valence-electron chi connectivity index (χ1n) is 1.75. The summed E-state index contributed by atoms with van der Waals surface area (Å²) in [6.45, 7) is 0. The van der Waals surface area contributed by atoms with Crippen LogP contribution in [0.3, 0.4) is 0 Å². The van der Waals surface area contributed by atoms with Crippen LogP contribution in [0.4, 0.5) is 0 Å². The third-order valence-corrected chi connectivity index (χ3v) is 2.86. The van der Waals surface area contributed by atoms with Gasteiger partial charge in [-0.3, -0.25) is 0 Å². The van der Waals surface area contributed by atoms with E-state index in [0.29, 0.717) is 0 Å². The van der Waals surface area contributed by atoms with Crippen molar-refractivity contribution >= 4 is 14.8 Å². The minimum atomic E-state index is 0. The standard InChI is InChI=1S/C4H3S.ClH.Zn/c1-2-4-5-3-1;;/h1-3H;1H;/q;;+1/p-1. The summed E-state index contributed by atoms with van der Waals surface area (Å²) in [4.78, 5) is 0. The summed E-state index contributed by atoms with van der Waals surface area (Å²) >= 11 is 3.14. The van der Waals surface area contributed by atoms with Crippen LogP contribution in [-0.4, -0.2) is 0 Å². The van der Waals surface area contributed by atoms with E-state index < -0.39 is 0 Å². The second-order valence-corrected chi connectivity index (χ2v) is 4.79. The SMILES string of the molecule is [Cl-].[Zn+][c]1cccs1. The first-order chi connectivity index (χ1) is 2.89. The topological polar surface area (TPSA) is 0 Å². The molecule has 1 rings (SSSR count). The van der Waals surface area contributed by atoms with Crippen LogP contribution in [0, 0.1) is 0 Å². The van der Waals surface area contributed by atoms with E-state index in [4.69, 9.17) is 0 Å². The molecular weight excluding hydrogens is 181 g/mol. The third-order valence-electron chi connectivity index (χ3n) is 0.580. The Balaban J connectivity index is 0.000000360. The Hall–Kier alpha value is 0.613. The molecule has 0 aliphatic heterocycles. The number of hydrogen-bond acceptors (Lipinski definition) is 1. The van der Waals surface area contributed by atoms with Crippen molar-refractivity contribution < 1.29 is 30.7 Å². The van der Waals surface area contributed by atoms with Crippen molar-refractivity contribution in [1.29, 1.82) is 0 Å². The Morgan fingerprint density at radius 2 is 2.29 bits per heavy atom. The second-order valence-electron chi connectivity index (χ2n) is 1.08. The Bertz CT molecular complexity index is 115. The Morgan fingerprint density at radius 3 is 2.43 bits per heavy atom. The predicted octanol–water partition coefficient (Wildman–Crippen LogP) is -2.08. The molecule has 0 N–H and O–H groups in total. The molecule has 7 heavy (non-hydrogen) atoms. The van der Waals surface area contributed by atoms with Crippen LogP contribution in [0.1, 0.15) is 0 Å². The van der Waals surface area contributed by atoms with E-state index >= 15 is 0 Å². The average molecular weight is 184 g/mol. The number of halogens is 1. The van der Waals surface area contributed by atoms with E-state index in [1.165, 1.54) is 21.8 Å². The predicted molar refractivity (Wildman–Crippen MR) is 24.0 cm³/mol. The van der Waals surface area contributed by atoms with Gasteiger partial charge in [0.25, 0.3) is 0 Å². The van der Waals surface area contributed by atoms with E-state index in [2.05, 4.69) is 17.5 Å². The molecule has 1 heterocycles. The average Bonchev–Trinajstić information content (AvgIpc) is 1.86. The van der Waals surface area contributed by atoms with Crippen molar-refractivity contribution in [1.82, 2.24) is 0 Å². The van der Waals surface area contributed by atoms with Crippen LogP contribution < -0.4 is 15.9 Å². The van der Waals surface area contributed by atoms with Gasteiger partial charge in [-0.2, -0.15) is 0 Å². The molecule has 0 unspecified atom stereocenters. The van der Waals surface area contributed by atoms with Gasteiger partial charge in [-0.1, -0.05) is 0 Å². The Kier molecular flexibility index (Phi) is 3.91. The summed E-state index contributed by atoms with van der Waals surface area (Å²) in [7, 11) is 0. The molecule has 1 aromatic heterocycles. The van der Waals surface area contributed by atoms with Gasteiger partial charge in [0.1, 0.15) is 0 Å². The molecule has 0 nitrogen and oxygen atoms in total. The van der Waals surface area contributed by atoms with Gasteiger partial charge in [0.15, 0.2) is 0 Å². The van der Waals surface area contributed by atoms with Crippen molar-refractivity contribution in [2.24, 2.45) is 0 Å². The van der Waals surface area contributed by atoms with Crippen molar-refractivity contribution in [2.75, 3.05) is 0 Å². The molecule has 0 aliphatic carbocycles. The fourth-order valence-electron chi connectivity index (χ4n) is 0.313. The molecule has 0 saturated carbocycles. The maximum absolute atomic E-state index is 2.16. The second kappa shape index (κ2) is 3.60. The monoisotopic (exact) mass is 182 g/mol. The summed E-state index contributed by atoms with van der Waals surface area (Å²) in [6.07, 6.45) is 0. The van der Waals surface area contributed by atoms with E-state index in [9.17, 15) is 0 Å². The zero-order chi connectivity index (χ0) is 4.41. The normalized spacial score (nSPS) is 7.71. The van der Waals surface area contributed by atoms with Crippen molar-refractivity contribution in [3.63, 3.8) is 0 Å². The summed E-state index contributed by atoms with van der Waals surface area (Å²) in [5.41, 5.74) is 0. The zero-order valence-corrected chi connectivity index (χ0v) is 8.26. The molecule has 0 spiro atoms. The fraction of sp³-hybridized carbons (Fsp3) is 0. The van der Waals surface area contributed by atoms with Crippen molar-refractivity contribution in [2.45, 2.75) is 0 Å². The van der Waals surface area contributed by atoms with Crippen molar-refractivity contribution in [3.05, 3.63) is 17.5 Å². The van der Waals surface area contributed by atoms with Gasteiger partial charge in [-0.25, -0.2) is 0 Å². The van der Waals surface area contributed by atoms with Gasteiger partial charge in [0, 0.05) is 0 Å². The van der Waals surface area contributed by atoms with Crippen LogP contribution >= 0.6 is 11.3 Å². The molecule has 0 aromatic carbocycles. The van der Waals surface area contributed by atoms with Crippen molar-refractivity contribution in [3.8, 4) is 0 Å². The van der Waals surface area contributed by atoms with Crippen LogP contribution in [0.5, 0.6) is 0 Å². The fourth-order valence-corrected chi connectivity index (χ4v) is 1.69. The first kappa shape index (κ1) is 7.61. The van der Waals surface area contributed by atoms with Crippen LogP contribution in [0.25, 0.3) is 0 Å². The number of rotatable bonds is 0. The Labute approximate surface area is 63.0 Å². The molecule has 1 aromatic rings. The quantitative estimate of drug-likeness (QED) is 0.406.